The molecule has 1 heterocycles. The van der Waals surface area contributed by atoms with Gasteiger partial charge in [-0.05, 0) is 60.6 Å². The molecule has 1 N–H and O–H groups in total. The van der Waals surface area contributed by atoms with Gasteiger partial charge in [-0.15, -0.1) is 0 Å². The lowest BCUT2D eigenvalue weighted by atomic mass is 9.87. The van der Waals surface area contributed by atoms with Crippen molar-refractivity contribution in [1.82, 2.24) is 4.90 Å². The van der Waals surface area contributed by atoms with E-state index < -0.39 is 5.97 Å². The van der Waals surface area contributed by atoms with Gasteiger partial charge in [0, 0.05) is 19.5 Å². The number of ether oxygens (including phenoxy) is 1. The van der Waals surface area contributed by atoms with Gasteiger partial charge in [0.25, 0.3) is 0 Å². The first-order chi connectivity index (χ1) is 15.6. The summed E-state index contributed by atoms with van der Waals surface area (Å²) in [5.41, 5.74) is 6.54. The fourth-order valence-corrected chi connectivity index (χ4v) is 4.55. The SMILES string of the molecule is Cc1cccc(C2c3ccccc3CCN2CCCOc2ccc(CCC(=O)O)cc2)c1. The Morgan fingerprint density at radius 3 is 2.66 bits per heavy atom. The Bertz CT molecular complexity index is 1040. The zero-order valence-corrected chi connectivity index (χ0v) is 18.7. The molecule has 166 valence electrons. The fourth-order valence-electron chi connectivity index (χ4n) is 4.55. The highest BCUT2D eigenvalue weighted by Crippen LogP contribution is 2.35. The molecular weight excluding hydrogens is 398 g/mol. The quantitative estimate of drug-likeness (QED) is 0.461. The van der Waals surface area contributed by atoms with Crippen LogP contribution < -0.4 is 4.74 Å². The lowest BCUT2D eigenvalue weighted by molar-refractivity contribution is -0.136. The molecule has 0 saturated heterocycles. The van der Waals surface area contributed by atoms with E-state index in [4.69, 9.17) is 9.84 Å². The van der Waals surface area contributed by atoms with E-state index in [9.17, 15) is 4.79 Å². The number of nitrogens with zero attached hydrogens (tertiary/aromatic N) is 1. The molecule has 4 heteroatoms. The number of rotatable bonds is 9. The van der Waals surface area contributed by atoms with Crippen molar-refractivity contribution in [1.29, 1.82) is 0 Å². The van der Waals surface area contributed by atoms with Gasteiger partial charge < -0.3 is 9.84 Å². The van der Waals surface area contributed by atoms with Gasteiger partial charge >= 0.3 is 5.97 Å². The van der Waals surface area contributed by atoms with Crippen LogP contribution in [-0.2, 0) is 17.6 Å². The zero-order valence-electron chi connectivity index (χ0n) is 18.7. The summed E-state index contributed by atoms with van der Waals surface area (Å²) in [6.07, 6.45) is 2.73. The first-order valence-electron chi connectivity index (χ1n) is 11.4. The van der Waals surface area contributed by atoms with Crippen LogP contribution >= 0.6 is 0 Å². The number of aliphatic carboxylic acids is 1. The third-order valence-corrected chi connectivity index (χ3v) is 6.15. The maximum absolute atomic E-state index is 10.7. The minimum atomic E-state index is -0.769. The molecule has 4 nitrogen and oxygen atoms in total. The van der Waals surface area contributed by atoms with Gasteiger partial charge in [-0.25, -0.2) is 0 Å². The van der Waals surface area contributed by atoms with E-state index in [0.717, 1.165) is 37.2 Å². The van der Waals surface area contributed by atoms with Gasteiger partial charge in [0.15, 0.2) is 0 Å². The molecule has 0 spiro atoms. The van der Waals surface area contributed by atoms with Crippen LogP contribution in [0.2, 0.25) is 0 Å². The number of benzene rings is 3. The molecule has 0 fully saturated rings. The van der Waals surface area contributed by atoms with Crippen molar-refractivity contribution in [2.24, 2.45) is 0 Å². The zero-order chi connectivity index (χ0) is 22.3. The van der Waals surface area contributed by atoms with Crippen LogP contribution in [0.5, 0.6) is 5.75 Å². The van der Waals surface area contributed by atoms with Gasteiger partial charge in [-0.2, -0.15) is 0 Å². The molecule has 0 radical (unpaired) electrons. The van der Waals surface area contributed by atoms with Gasteiger partial charge in [0.2, 0.25) is 0 Å². The Kier molecular flexibility index (Phi) is 7.23. The van der Waals surface area contributed by atoms with E-state index in [-0.39, 0.29) is 12.5 Å². The Morgan fingerprint density at radius 1 is 1.06 bits per heavy atom. The highest BCUT2D eigenvalue weighted by atomic mass is 16.5. The molecule has 0 aromatic heterocycles. The van der Waals surface area contributed by atoms with Crippen LogP contribution in [-0.4, -0.2) is 35.7 Å². The minimum absolute atomic E-state index is 0.154. The fraction of sp³-hybridized carbons (Fsp3) is 0.321. The Morgan fingerprint density at radius 2 is 1.88 bits per heavy atom. The normalized spacial score (nSPS) is 15.8. The first-order valence-corrected chi connectivity index (χ1v) is 11.4. The van der Waals surface area contributed by atoms with Crippen LogP contribution in [0, 0.1) is 6.92 Å². The lowest BCUT2D eigenvalue weighted by Gasteiger charge is -2.38. The van der Waals surface area contributed by atoms with Crippen molar-refractivity contribution < 1.29 is 14.6 Å². The molecule has 4 rings (SSSR count). The molecule has 1 atom stereocenters. The van der Waals surface area contributed by atoms with E-state index in [2.05, 4.69) is 60.4 Å². The number of carboxylic acid groups (broad SMARTS) is 1. The van der Waals surface area contributed by atoms with Crippen molar-refractivity contribution in [3.8, 4) is 5.75 Å². The minimum Gasteiger partial charge on any atom is -0.494 e. The molecule has 0 aliphatic carbocycles. The predicted molar refractivity (Wildman–Crippen MR) is 127 cm³/mol. The predicted octanol–water partition coefficient (Wildman–Crippen LogP) is 5.43. The number of hydrogen-bond donors (Lipinski definition) is 1. The van der Waals surface area contributed by atoms with E-state index in [1.807, 2.05) is 24.3 Å². The molecular formula is C28H31NO3. The van der Waals surface area contributed by atoms with E-state index in [0.29, 0.717) is 13.0 Å². The molecule has 3 aromatic rings. The first kappa shape index (κ1) is 22.1. The second kappa shape index (κ2) is 10.5. The number of aryl methyl sites for hydroxylation is 2. The van der Waals surface area contributed by atoms with Crippen molar-refractivity contribution in [3.05, 3.63) is 101 Å². The number of carbonyl (C=O) groups is 1. The second-order valence-corrected chi connectivity index (χ2v) is 8.54. The summed E-state index contributed by atoms with van der Waals surface area (Å²) in [7, 11) is 0. The lowest BCUT2D eigenvalue weighted by Crippen LogP contribution is -2.37. The Labute approximate surface area is 190 Å². The van der Waals surface area contributed by atoms with Crippen molar-refractivity contribution in [2.45, 2.75) is 38.6 Å². The maximum atomic E-state index is 10.7. The van der Waals surface area contributed by atoms with Gasteiger partial charge in [0.05, 0.1) is 12.6 Å². The summed E-state index contributed by atoms with van der Waals surface area (Å²) in [4.78, 5) is 13.3. The van der Waals surface area contributed by atoms with Crippen molar-refractivity contribution in [3.63, 3.8) is 0 Å². The van der Waals surface area contributed by atoms with Crippen LogP contribution in [0.3, 0.4) is 0 Å². The third-order valence-electron chi connectivity index (χ3n) is 6.15. The largest absolute Gasteiger partial charge is 0.494 e. The molecule has 32 heavy (non-hydrogen) atoms. The molecule has 1 aliphatic rings. The second-order valence-electron chi connectivity index (χ2n) is 8.54. The highest BCUT2D eigenvalue weighted by Gasteiger charge is 2.28. The van der Waals surface area contributed by atoms with E-state index in [1.54, 1.807) is 0 Å². The van der Waals surface area contributed by atoms with Crippen LogP contribution in [0.1, 0.15) is 46.7 Å². The summed E-state index contributed by atoms with van der Waals surface area (Å²) in [5, 5.41) is 8.81. The molecule has 0 amide bonds. The highest BCUT2D eigenvalue weighted by molar-refractivity contribution is 5.67. The summed E-state index contributed by atoms with van der Waals surface area (Å²) in [6, 6.07) is 25.7. The summed E-state index contributed by atoms with van der Waals surface area (Å²) >= 11 is 0. The van der Waals surface area contributed by atoms with Crippen molar-refractivity contribution >= 4 is 5.97 Å². The molecule has 3 aromatic carbocycles. The number of hydrogen-bond acceptors (Lipinski definition) is 3. The third kappa shape index (κ3) is 5.57. The Hall–Kier alpha value is -3.11. The summed E-state index contributed by atoms with van der Waals surface area (Å²) in [6.45, 7) is 4.84. The summed E-state index contributed by atoms with van der Waals surface area (Å²) < 4.78 is 5.96. The monoisotopic (exact) mass is 429 g/mol. The summed E-state index contributed by atoms with van der Waals surface area (Å²) in [5.74, 6) is 0.0675. The van der Waals surface area contributed by atoms with Crippen LogP contribution in [0.25, 0.3) is 0 Å². The molecule has 0 saturated carbocycles. The van der Waals surface area contributed by atoms with Crippen molar-refractivity contribution in [2.75, 3.05) is 19.7 Å². The van der Waals surface area contributed by atoms with E-state index >= 15 is 0 Å². The smallest absolute Gasteiger partial charge is 0.303 e. The van der Waals surface area contributed by atoms with Crippen LogP contribution in [0.15, 0.2) is 72.8 Å². The van der Waals surface area contributed by atoms with Gasteiger partial charge in [-0.1, -0.05) is 66.2 Å². The average molecular weight is 430 g/mol. The molecule has 1 aliphatic heterocycles. The standard InChI is InChI=1S/C28H31NO3/c1-21-6-4-8-24(20-21)28-26-9-3-2-7-23(26)16-18-29(28)17-5-19-32-25-13-10-22(11-14-25)12-15-27(30)31/h2-4,6-11,13-14,20,28H,5,12,15-19H2,1H3,(H,30,31). The van der Waals surface area contributed by atoms with Gasteiger partial charge in [-0.3, -0.25) is 9.69 Å². The topological polar surface area (TPSA) is 49.8 Å². The maximum Gasteiger partial charge on any atom is 0.303 e. The average Bonchev–Trinajstić information content (AvgIpc) is 2.81. The number of fused-ring (bicyclic) bond motifs is 1. The van der Waals surface area contributed by atoms with Gasteiger partial charge in [0.1, 0.15) is 5.75 Å². The Balaban J connectivity index is 1.36. The molecule has 0 bridgehead atoms. The number of carboxylic acids is 1. The molecule has 1 unspecified atom stereocenters. The van der Waals surface area contributed by atoms with E-state index in [1.165, 1.54) is 22.3 Å². The van der Waals surface area contributed by atoms with Crippen LogP contribution in [0.4, 0.5) is 0 Å².